The van der Waals surface area contributed by atoms with Gasteiger partial charge in [0, 0.05) is 64.3 Å². The standard InChI is InChI=1S/C35H49N7O8/c1-35-12-5-16-42(23-35)31(45)10-9-29(43)37-14-11-27(32(46)38-15-19-49-18-13-36)40-30(44)20-24-6-2-3-7-25(24)22-39-33(47)28(41-34(35)48)21-26-8-4-17-50-26/h2-4,6-10,17,27-28,30,40,44H,5,11-16,18-23,36H2,1H3,(H,37,43)(H,38,46)(H,39,47)(H,41,48)/b10-9+/t27-,28-,30?,35+/m0/s1. The van der Waals surface area contributed by atoms with E-state index in [-0.39, 0.29) is 58.0 Å². The van der Waals surface area contributed by atoms with Crippen molar-refractivity contribution in [2.45, 2.75) is 63.9 Å². The van der Waals surface area contributed by atoms with Crippen LogP contribution < -0.4 is 32.3 Å². The van der Waals surface area contributed by atoms with Gasteiger partial charge in [0.15, 0.2) is 0 Å². The first-order valence-corrected chi connectivity index (χ1v) is 17.0. The molecule has 50 heavy (non-hydrogen) atoms. The number of hydrogen-bond acceptors (Lipinski definition) is 10. The molecule has 272 valence electrons. The van der Waals surface area contributed by atoms with E-state index in [9.17, 15) is 29.1 Å². The molecule has 4 atom stereocenters. The first-order chi connectivity index (χ1) is 24.1. The van der Waals surface area contributed by atoms with Crippen molar-refractivity contribution >= 4 is 29.5 Å². The third kappa shape index (κ3) is 11.5. The Labute approximate surface area is 291 Å². The summed E-state index contributed by atoms with van der Waals surface area (Å²) in [7, 11) is 0. The highest BCUT2D eigenvalue weighted by atomic mass is 16.5. The molecule has 2 aliphatic heterocycles. The van der Waals surface area contributed by atoms with Crippen molar-refractivity contribution in [3.05, 3.63) is 71.7 Å². The minimum atomic E-state index is -1.16. The number of nitrogens with two attached hydrogens (primary N) is 1. The van der Waals surface area contributed by atoms with Crippen LogP contribution in [0.5, 0.6) is 0 Å². The van der Waals surface area contributed by atoms with Gasteiger partial charge in [-0.3, -0.25) is 29.3 Å². The number of ether oxygens (including phenoxy) is 1. The molecule has 2 aromatic rings. The van der Waals surface area contributed by atoms with Gasteiger partial charge in [-0.25, -0.2) is 0 Å². The van der Waals surface area contributed by atoms with Crippen molar-refractivity contribution in [1.82, 2.24) is 31.5 Å². The molecular formula is C35H49N7O8. The van der Waals surface area contributed by atoms with Crippen LogP contribution in [-0.2, 0) is 48.1 Å². The number of rotatable bonds is 8. The number of aliphatic hydroxyl groups is 1. The maximum Gasteiger partial charge on any atom is 0.246 e. The number of hydrogen-bond donors (Lipinski definition) is 7. The Bertz CT molecular complexity index is 1480. The van der Waals surface area contributed by atoms with Crippen molar-refractivity contribution in [1.29, 1.82) is 0 Å². The molecule has 1 aromatic heterocycles. The van der Waals surface area contributed by atoms with Crippen LogP contribution in [0.4, 0.5) is 0 Å². The Morgan fingerprint density at radius 2 is 1.90 bits per heavy atom. The van der Waals surface area contributed by atoms with Gasteiger partial charge in [0.05, 0.1) is 30.9 Å². The molecule has 1 unspecified atom stereocenters. The van der Waals surface area contributed by atoms with Gasteiger partial charge in [-0.1, -0.05) is 24.3 Å². The molecule has 1 saturated heterocycles. The number of carbonyl (C=O) groups is 5. The zero-order valence-electron chi connectivity index (χ0n) is 28.5. The lowest BCUT2D eigenvalue weighted by Gasteiger charge is -2.39. The predicted molar refractivity (Wildman–Crippen MR) is 183 cm³/mol. The first-order valence-electron chi connectivity index (χ1n) is 17.0. The summed E-state index contributed by atoms with van der Waals surface area (Å²) in [4.78, 5) is 67.7. The second kappa shape index (κ2) is 19.0. The van der Waals surface area contributed by atoms with Crippen LogP contribution in [0.3, 0.4) is 0 Å². The lowest BCUT2D eigenvalue weighted by atomic mass is 9.80. The summed E-state index contributed by atoms with van der Waals surface area (Å²) >= 11 is 0. The minimum absolute atomic E-state index is 0.0720. The highest BCUT2D eigenvalue weighted by Gasteiger charge is 2.40. The number of nitrogens with zero attached hydrogens (tertiary/aromatic N) is 1. The Hall–Kier alpha value is -4.57. The number of furan rings is 1. The molecule has 1 aromatic carbocycles. The molecule has 5 amide bonds. The van der Waals surface area contributed by atoms with E-state index in [1.54, 1.807) is 19.1 Å². The largest absolute Gasteiger partial charge is 0.469 e. The number of amides is 5. The predicted octanol–water partition coefficient (Wildman–Crippen LogP) is -0.761. The summed E-state index contributed by atoms with van der Waals surface area (Å²) < 4.78 is 10.8. The van der Waals surface area contributed by atoms with E-state index < -0.39 is 47.4 Å². The maximum atomic E-state index is 13.7. The average Bonchev–Trinajstić information content (AvgIpc) is 3.62. The minimum Gasteiger partial charge on any atom is -0.469 e. The normalized spacial score (nSPS) is 25.2. The summed E-state index contributed by atoms with van der Waals surface area (Å²) in [5.41, 5.74) is 5.93. The summed E-state index contributed by atoms with van der Waals surface area (Å²) in [5, 5.41) is 25.3. The molecule has 0 saturated carbocycles. The molecule has 15 nitrogen and oxygen atoms in total. The van der Waals surface area contributed by atoms with Crippen LogP contribution >= 0.6 is 0 Å². The molecule has 2 aliphatic rings. The summed E-state index contributed by atoms with van der Waals surface area (Å²) in [6.07, 6.45) is 4.01. The van der Waals surface area contributed by atoms with Gasteiger partial charge >= 0.3 is 0 Å². The number of fused-ring (bicyclic) bond motifs is 3. The second-order valence-corrected chi connectivity index (χ2v) is 12.8. The lowest BCUT2D eigenvalue weighted by molar-refractivity contribution is -0.140. The average molecular weight is 696 g/mol. The maximum absolute atomic E-state index is 13.7. The monoisotopic (exact) mass is 695 g/mol. The molecular weight excluding hydrogens is 646 g/mol. The van der Waals surface area contributed by atoms with Crippen LogP contribution in [0, 0.1) is 5.41 Å². The summed E-state index contributed by atoms with van der Waals surface area (Å²) in [6.45, 7) is 3.65. The van der Waals surface area contributed by atoms with Crippen molar-refractivity contribution in [3.63, 3.8) is 0 Å². The van der Waals surface area contributed by atoms with E-state index in [4.69, 9.17) is 14.9 Å². The van der Waals surface area contributed by atoms with Crippen LogP contribution in [0.1, 0.15) is 43.1 Å². The van der Waals surface area contributed by atoms with E-state index in [0.717, 1.165) is 23.3 Å². The second-order valence-electron chi connectivity index (χ2n) is 12.8. The third-order valence-electron chi connectivity index (χ3n) is 8.78. The number of carbonyl (C=O) groups excluding carboxylic acids is 5. The van der Waals surface area contributed by atoms with Gasteiger partial charge in [-0.2, -0.15) is 0 Å². The van der Waals surface area contributed by atoms with Crippen LogP contribution in [0.25, 0.3) is 0 Å². The quantitative estimate of drug-likeness (QED) is 0.171. The highest BCUT2D eigenvalue weighted by molar-refractivity contribution is 5.97. The number of nitrogens with one attached hydrogen (secondary N) is 5. The summed E-state index contributed by atoms with van der Waals surface area (Å²) in [6, 6.07) is 8.83. The van der Waals surface area contributed by atoms with Gasteiger partial charge in [0.1, 0.15) is 18.0 Å². The Morgan fingerprint density at radius 3 is 2.66 bits per heavy atom. The van der Waals surface area contributed by atoms with E-state index in [1.165, 1.54) is 11.2 Å². The van der Waals surface area contributed by atoms with Crippen molar-refractivity contribution in [3.8, 4) is 0 Å². The van der Waals surface area contributed by atoms with Crippen molar-refractivity contribution < 1.29 is 38.2 Å². The fourth-order valence-corrected chi connectivity index (χ4v) is 6.01. The van der Waals surface area contributed by atoms with E-state index >= 15 is 0 Å². The first kappa shape index (κ1) is 38.2. The molecule has 0 spiro atoms. The SMILES string of the molecule is C[C@@]12CCCN(C1)C(=O)/C=C/C(=O)NCC[C@@H](C(=O)NCCOCCN)NC(O)Cc1ccccc1CNC(=O)[C@H](Cc1ccco1)NC2=O. The fourth-order valence-electron chi connectivity index (χ4n) is 6.01. The van der Waals surface area contributed by atoms with Gasteiger partial charge in [-0.15, -0.1) is 0 Å². The third-order valence-corrected chi connectivity index (χ3v) is 8.78. The Morgan fingerprint density at radius 1 is 1.10 bits per heavy atom. The van der Waals surface area contributed by atoms with E-state index in [1.807, 2.05) is 24.3 Å². The van der Waals surface area contributed by atoms with Gasteiger partial charge in [0.25, 0.3) is 0 Å². The van der Waals surface area contributed by atoms with E-state index in [0.29, 0.717) is 38.3 Å². The van der Waals surface area contributed by atoms with Gasteiger partial charge in [-0.05, 0) is 49.4 Å². The van der Waals surface area contributed by atoms with Gasteiger partial charge < -0.3 is 46.2 Å². The molecule has 0 radical (unpaired) electrons. The molecule has 4 rings (SSSR count). The molecule has 8 N–H and O–H groups in total. The van der Waals surface area contributed by atoms with Crippen LogP contribution in [0.2, 0.25) is 0 Å². The van der Waals surface area contributed by atoms with Crippen LogP contribution in [0.15, 0.2) is 59.2 Å². The fraction of sp³-hybridized carbons (Fsp3) is 0.514. The zero-order valence-corrected chi connectivity index (χ0v) is 28.5. The van der Waals surface area contributed by atoms with Crippen molar-refractivity contribution in [2.24, 2.45) is 11.1 Å². The smallest absolute Gasteiger partial charge is 0.246 e. The number of piperidine rings is 1. The number of benzene rings is 1. The molecule has 2 bridgehead atoms. The topological polar surface area (TPSA) is 217 Å². The molecule has 0 aliphatic carbocycles. The molecule has 1 fully saturated rings. The summed E-state index contributed by atoms with van der Waals surface area (Å²) in [5.74, 6) is -1.65. The van der Waals surface area contributed by atoms with Crippen LogP contribution in [-0.4, -0.2) is 104 Å². The lowest BCUT2D eigenvalue weighted by Crippen LogP contribution is -2.56. The zero-order chi connectivity index (χ0) is 35.9. The van der Waals surface area contributed by atoms with Crippen molar-refractivity contribution in [2.75, 3.05) is 45.9 Å². The molecule has 15 heteroatoms. The number of aliphatic hydroxyl groups excluding tert-OH is 1. The van der Waals surface area contributed by atoms with Gasteiger partial charge in [0.2, 0.25) is 29.5 Å². The Kier molecular flexibility index (Phi) is 14.5. The highest BCUT2D eigenvalue weighted by Crippen LogP contribution is 2.30. The Balaban J connectivity index is 1.57. The molecule has 3 heterocycles. The van der Waals surface area contributed by atoms with E-state index in [2.05, 4.69) is 26.6 Å².